The molecule has 0 aromatic carbocycles. The van der Waals surface area contributed by atoms with Crippen LogP contribution < -0.4 is 5.73 Å². The van der Waals surface area contributed by atoms with Crippen LogP contribution >= 0.6 is 11.6 Å². The largest absolute Gasteiger partial charge is 0.330 e. The van der Waals surface area contributed by atoms with E-state index in [-0.39, 0.29) is 0 Å². The van der Waals surface area contributed by atoms with E-state index in [1.165, 1.54) is 0 Å². The van der Waals surface area contributed by atoms with E-state index in [4.69, 9.17) is 17.3 Å². The number of rotatable bonds is 3. The first-order chi connectivity index (χ1) is 7.20. The molecule has 2 aromatic rings. The highest BCUT2D eigenvalue weighted by atomic mass is 35.5. The highest BCUT2D eigenvalue weighted by Gasteiger charge is 2.06. The Kier molecular flexibility index (Phi) is 2.88. The van der Waals surface area contributed by atoms with Crippen LogP contribution in [-0.4, -0.2) is 21.1 Å². The van der Waals surface area contributed by atoms with Gasteiger partial charge in [0.15, 0.2) is 11.5 Å². The van der Waals surface area contributed by atoms with Crippen LogP contribution in [0.3, 0.4) is 0 Å². The average Bonchev–Trinajstić information content (AvgIpc) is 2.57. The molecule has 0 fully saturated rings. The van der Waals surface area contributed by atoms with E-state index in [2.05, 4.69) is 10.1 Å². The first kappa shape index (κ1) is 10.4. The Morgan fingerprint density at radius 2 is 2.33 bits per heavy atom. The van der Waals surface area contributed by atoms with Gasteiger partial charge in [-0.15, -0.1) is 0 Å². The normalized spacial score (nSPS) is 11.1. The summed E-state index contributed by atoms with van der Waals surface area (Å²) in [4.78, 5) is 4.36. The number of halogens is 1. The summed E-state index contributed by atoms with van der Waals surface area (Å²) < 4.78 is 1.73. The van der Waals surface area contributed by atoms with E-state index in [0.717, 1.165) is 24.2 Å². The van der Waals surface area contributed by atoms with Gasteiger partial charge >= 0.3 is 0 Å². The molecular formula is C10H13ClN4. The second kappa shape index (κ2) is 4.16. The van der Waals surface area contributed by atoms with Crippen LogP contribution in [0.4, 0.5) is 0 Å². The third-order valence-electron chi connectivity index (χ3n) is 2.17. The van der Waals surface area contributed by atoms with Crippen molar-refractivity contribution in [1.29, 1.82) is 0 Å². The Labute approximate surface area is 93.1 Å². The van der Waals surface area contributed by atoms with Crippen LogP contribution in [0.2, 0.25) is 5.02 Å². The zero-order chi connectivity index (χ0) is 10.8. The Morgan fingerprint density at radius 1 is 1.53 bits per heavy atom. The standard InChI is InChI=1S/C10H13ClN4/c1-7-5-8(11)10-13-9(3-2-4-12)14-15(10)6-7/h5-6H,2-4,12H2,1H3. The summed E-state index contributed by atoms with van der Waals surface area (Å²) in [5, 5.41) is 4.98. The fraction of sp³-hybridized carbons (Fsp3) is 0.400. The molecule has 2 heterocycles. The Balaban J connectivity index is 2.41. The van der Waals surface area contributed by atoms with E-state index < -0.39 is 0 Å². The van der Waals surface area contributed by atoms with Crippen molar-refractivity contribution in [3.05, 3.63) is 28.7 Å². The summed E-state index contributed by atoms with van der Waals surface area (Å²) in [7, 11) is 0. The number of hydrogen-bond donors (Lipinski definition) is 1. The molecule has 0 amide bonds. The minimum atomic E-state index is 0.640. The fourth-order valence-corrected chi connectivity index (χ4v) is 1.78. The first-order valence-electron chi connectivity index (χ1n) is 4.92. The highest BCUT2D eigenvalue weighted by Crippen LogP contribution is 2.17. The second-order valence-electron chi connectivity index (χ2n) is 3.55. The summed E-state index contributed by atoms with van der Waals surface area (Å²) in [6, 6.07) is 1.89. The molecule has 0 spiro atoms. The van der Waals surface area contributed by atoms with Crippen molar-refractivity contribution >= 4 is 17.2 Å². The van der Waals surface area contributed by atoms with Gasteiger partial charge in [-0.1, -0.05) is 11.6 Å². The van der Waals surface area contributed by atoms with Gasteiger partial charge in [0.2, 0.25) is 0 Å². The number of aromatic nitrogens is 3. The summed E-state index contributed by atoms with van der Waals surface area (Å²) in [5.41, 5.74) is 7.23. The molecule has 2 N–H and O–H groups in total. The van der Waals surface area contributed by atoms with Crippen molar-refractivity contribution in [2.45, 2.75) is 19.8 Å². The van der Waals surface area contributed by atoms with Gasteiger partial charge < -0.3 is 5.73 Å². The monoisotopic (exact) mass is 224 g/mol. The van der Waals surface area contributed by atoms with Crippen LogP contribution in [0.15, 0.2) is 12.3 Å². The van der Waals surface area contributed by atoms with E-state index in [0.29, 0.717) is 17.2 Å². The zero-order valence-electron chi connectivity index (χ0n) is 8.57. The van der Waals surface area contributed by atoms with Gasteiger partial charge in [-0.2, -0.15) is 5.10 Å². The van der Waals surface area contributed by atoms with Gasteiger partial charge in [-0.3, -0.25) is 0 Å². The summed E-state index contributed by atoms with van der Waals surface area (Å²) in [6.07, 6.45) is 3.61. The van der Waals surface area contributed by atoms with Crippen LogP contribution in [0.1, 0.15) is 17.8 Å². The molecule has 0 bridgehead atoms. The van der Waals surface area contributed by atoms with Crippen LogP contribution in [0, 0.1) is 6.92 Å². The lowest BCUT2D eigenvalue weighted by Crippen LogP contribution is -2.01. The third kappa shape index (κ3) is 2.11. The molecule has 4 nitrogen and oxygen atoms in total. The third-order valence-corrected chi connectivity index (χ3v) is 2.45. The Bertz CT molecular complexity index is 477. The van der Waals surface area contributed by atoms with Crippen molar-refractivity contribution in [2.24, 2.45) is 5.73 Å². The molecular weight excluding hydrogens is 212 g/mol. The molecule has 0 aliphatic carbocycles. The van der Waals surface area contributed by atoms with Crippen molar-refractivity contribution in [3.63, 3.8) is 0 Å². The molecule has 15 heavy (non-hydrogen) atoms. The van der Waals surface area contributed by atoms with Crippen molar-refractivity contribution in [3.8, 4) is 0 Å². The Hall–Kier alpha value is -1.13. The SMILES string of the molecule is Cc1cc(Cl)c2nc(CCCN)nn2c1. The van der Waals surface area contributed by atoms with Gasteiger partial charge in [0.25, 0.3) is 0 Å². The molecule has 0 saturated heterocycles. The lowest BCUT2D eigenvalue weighted by Gasteiger charge is -1.95. The predicted octanol–water partition coefficient (Wildman–Crippen LogP) is 1.58. The maximum Gasteiger partial charge on any atom is 0.174 e. The lowest BCUT2D eigenvalue weighted by atomic mass is 10.3. The van der Waals surface area contributed by atoms with E-state index in [9.17, 15) is 0 Å². The topological polar surface area (TPSA) is 56.2 Å². The van der Waals surface area contributed by atoms with Gasteiger partial charge in [0, 0.05) is 12.6 Å². The van der Waals surface area contributed by atoms with Gasteiger partial charge in [-0.05, 0) is 31.5 Å². The van der Waals surface area contributed by atoms with Crippen LogP contribution in [-0.2, 0) is 6.42 Å². The molecule has 80 valence electrons. The molecule has 2 rings (SSSR count). The van der Waals surface area contributed by atoms with Crippen molar-refractivity contribution < 1.29 is 0 Å². The minimum Gasteiger partial charge on any atom is -0.330 e. The smallest absolute Gasteiger partial charge is 0.174 e. The van der Waals surface area contributed by atoms with Gasteiger partial charge in [-0.25, -0.2) is 9.50 Å². The van der Waals surface area contributed by atoms with E-state index >= 15 is 0 Å². The Morgan fingerprint density at radius 3 is 3.07 bits per heavy atom. The summed E-state index contributed by atoms with van der Waals surface area (Å²) in [5.74, 6) is 0.799. The van der Waals surface area contributed by atoms with E-state index in [1.54, 1.807) is 4.52 Å². The first-order valence-corrected chi connectivity index (χ1v) is 5.30. The van der Waals surface area contributed by atoms with Crippen molar-refractivity contribution in [1.82, 2.24) is 14.6 Å². The summed E-state index contributed by atoms with van der Waals surface area (Å²) >= 11 is 6.06. The highest BCUT2D eigenvalue weighted by molar-refractivity contribution is 6.33. The summed E-state index contributed by atoms with van der Waals surface area (Å²) in [6.45, 7) is 2.63. The molecule has 5 heteroatoms. The fourth-order valence-electron chi connectivity index (χ4n) is 1.48. The number of hydrogen-bond acceptors (Lipinski definition) is 3. The number of nitrogens with two attached hydrogens (primary N) is 1. The minimum absolute atomic E-state index is 0.640. The molecule has 0 unspecified atom stereocenters. The van der Waals surface area contributed by atoms with Crippen LogP contribution in [0.25, 0.3) is 5.65 Å². The van der Waals surface area contributed by atoms with E-state index in [1.807, 2.05) is 19.2 Å². The van der Waals surface area contributed by atoms with Gasteiger partial charge in [0.1, 0.15) is 0 Å². The molecule has 0 aliphatic heterocycles. The predicted molar refractivity (Wildman–Crippen MR) is 60.1 cm³/mol. The second-order valence-corrected chi connectivity index (χ2v) is 3.96. The zero-order valence-corrected chi connectivity index (χ0v) is 9.33. The van der Waals surface area contributed by atoms with Crippen LogP contribution in [0.5, 0.6) is 0 Å². The maximum atomic E-state index is 6.06. The molecule has 0 aliphatic rings. The molecule has 0 saturated carbocycles. The maximum absolute atomic E-state index is 6.06. The molecule has 0 radical (unpaired) electrons. The quantitative estimate of drug-likeness (QED) is 0.861. The molecule has 2 aromatic heterocycles. The molecule has 0 atom stereocenters. The van der Waals surface area contributed by atoms with Crippen molar-refractivity contribution in [2.75, 3.05) is 6.54 Å². The van der Waals surface area contributed by atoms with Gasteiger partial charge in [0.05, 0.1) is 5.02 Å². The number of pyridine rings is 1. The number of fused-ring (bicyclic) bond motifs is 1. The number of aryl methyl sites for hydroxylation is 2. The lowest BCUT2D eigenvalue weighted by molar-refractivity contribution is 0.773. The average molecular weight is 225 g/mol. The number of nitrogens with zero attached hydrogens (tertiary/aromatic N) is 3.